The Morgan fingerprint density at radius 1 is 0.815 bits per heavy atom. The highest BCUT2D eigenvalue weighted by atomic mass is 16.5. The van der Waals surface area contributed by atoms with E-state index < -0.39 is 17.9 Å². The molecule has 0 aliphatic rings. The number of hydrogen-bond acceptors (Lipinski definition) is 7. The number of pyridine rings is 1. The molecule has 0 saturated heterocycles. The van der Waals surface area contributed by atoms with E-state index in [1.54, 1.807) is 45.0 Å². The first kappa shape index (κ1) is 20.1. The first-order valence-corrected chi connectivity index (χ1v) is 8.65. The number of ether oxygens (including phenoxy) is 3. The lowest BCUT2D eigenvalue weighted by Crippen LogP contribution is -2.20. The zero-order valence-electron chi connectivity index (χ0n) is 15.5. The van der Waals surface area contributed by atoms with Crippen LogP contribution in [0, 0.1) is 0 Å². The maximum atomic E-state index is 12.6. The third-order valence-corrected chi connectivity index (χ3v) is 3.54. The third kappa shape index (κ3) is 4.69. The first-order chi connectivity index (χ1) is 13.0. The van der Waals surface area contributed by atoms with Gasteiger partial charge in [-0.25, -0.2) is 19.4 Å². The molecule has 0 radical (unpaired) electrons. The average Bonchev–Trinajstić information content (AvgIpc) is 2.68. The van der Waals surface area contributed by atoms with Crippen molar-refractivity contribution in [3.63, 3.8) is 0 Å². The van der Waals surface area contributed by atoms with Gasteiger partial charge in [-0.15, -0.1) is 0 Å². The van der Waals surface area contributed by atoms with Gasteiger partial charge in [0.05, 0.1) is 19.8 Å². The van der Waals surface area contributed by atoms with E-state index in [1.165, 1.54) is 6.07 Å². The van der Waals surface area contributed by atoms with Gasteiger partial charge in [-0.2, -0.15) is 0 Å². The fourth-order valence-electron chi connectivity index (χ4n) is 2.46. The molecule has 0 fully saturated rings. The second-order valence-corrected chi connectivity index (χ2v) is 5.31. The topological polar surface area (TPSA) is 91.8 Å². The Hall–Kier alpha value is -3.22. The number of carbonyl (C=O) groups is 3. The molecule has 27 heavy (non-hydrogen) atoms. The Bertz CT molecular complexity index is 832. The molecule has 0 bridgehead atoms. The summed E-state index contributed by atoms with van der Waals surface area (Å²) in [4.78, 5) is 41.3. The minimum atomic E-state index is -0.816. The van der Waals surface area contributed by atoms with Crippen LogP contribution in [-0.4, -0.2) is 42.7 Å². The van der Waals surface area contributed by atoms with Crippen LogP contribution in [0.3, 0.4) is 0 Å². The molecule has 0 aliphatic heterocycles. The summed E-state index contributed by atoms with van der Waals surface area (Å²) >= 11 is 0. The second-order valence-electron chi connectivity index (χ2n) is 5.31. The van der Waals surface area contributed by atoms with Crippen molar-refractivity contribution in [2.45, 2.75) is 20.8 Å². The minimum absolute atomic E-state index is 0.0467. The number of rotatable bonds is 7. The van der Waals surface area contributed by atoms with Crippen LogP contribution in [0.2, 0.25) is 0 Å². The van der Waals surface area contributed by atoms with Crippen LogP contribution in [0.15, 0.2) is 36.4 Å². The molecule has 2 rings (SSSR count). The number of aromatic nitrogens is 1. The van der Waals surface area contributed by atoms with Crippen molar-refractivity contribution in [1.29, 1.82) is 0 Å². The largest absolute Gasteiger partial charge is 0.462 e. The lowest BCUT2D eigenvalue weighted by molar-refractivity contribution is 0.0468. The van der Waals surface area contributed by atoms with Gasteiger partial charge in [0, 0.05) is 5.56 Å². The number of hydrogen-bond donors (Lipinski definition) is 0. The second kappa shape index (κ2) is 9.47. The molecule has 1 aromatic heterocycles. The molecule has 0 unspecified atom stereocenters. The molecule has 1 heterocycles. The predicted molar refractivity (Wildman–Crippen MR) is 97.5 cm³/mol. The van der Waals surface area contributed by atoms with E-state index in [4.69, 9.17) is 14.2 Å². The summed E-state index contributed by atoms with van der Waals surface area (Å²) in [5.41, 5.74) is 0.551. The van der Waals surface area contributed by atoms with Crippen molar-refractivity contribution in [2.24, 2.45) is 0 Å². The van der Waals surface area contributed by atoms with E-state index in [2.05, 4.69) is 4.98 Å². The van der Waals surface area contributed by atoms with E-state index in [0.29, 0.717) is 11.1 Å². The summed E-state index contributed by atoms with van der Waals surface area (Å²) in [5.74, 6) is -2.23. The van der Waals surface area contributed by atoms with E-state index >= 15 is 0 Å². The highest BCUT2D eigenvalue weighted by Gasteiger charge is 2.28. The zero-order chi connectivity index (χ0) is 19.8. The summed E-state index contributed by atoms with van der Waals surface area (Å²) in [7, 11) is 0. The zero-order valence-corrected chi connectivity index (χ0v) is 15.5. The number of esters is 3. The van der Waals surface area contributed by atoms with Crippen LogP contribution in [-0.2, 0) is 14.2 Å². The van der Waals surface area contributed by atoms with Crippen LogP contribution < -0.4 is 0 Å². The molecule has 0 N–H and O–H groups in total. The Kier molecular flexibility index (Phi) is 7.05. The molecule has 7 heteroatoms. The molecule has 0 atom stereocenters. The van der Waals surface area contributed by atoms with Crippen LogP contribution in [0.1, 0.15) is 52.1 Å². The lowest BCUT2D eigenvalue weighted by Gasteiger charge is -2.14. The average molecular weight is 371 g/mol. The fraction of sp³-hybridized carbons (Fsp3) is 0.300. The molecule has 7 nitrogen and oxygen atoms in total. The highest BCUT2D eigenvalue weighted by Crippen LogP contribution is 2.28. The van der Waals surface area contributed by atoms with Crippen molar-refractivity contribution in [3.8, 4) is 11.1 Å². The molecular weight excluding hydrogens is 350 g/mol. The van der Waals surface area contributed by atoms with E-state index in [1.807, 2.05) is 6.07 Å². The van der Waals surface area contributed by atoms with Crippen LogP contribution in [0.4, 0.5) is 0 Å². The monoisotopic (exact) mass is 371 g/mol. The lowest BCUT2D eigenvalue weighted by atomic mass is 9.97. The van der Waals surface area contributed by atoms with Crippen molar-refractivity contribution < 1.29 is 28.6 Å². The summed E-state index contributed by atoms with van der Waals surface area (Å²) in [5, 5.41) is 0. The maximum absolute atomic E-state index is 12.6. The van der Waals surface area contributed by atoms with Gasteiger partial charge in [0.1, 0.15) is 11.3 Å². The SMILES string of the molecule is CCOC(=O)c1cc(-c2ccccc2)c(C(=O)OCC)c(C(=O)OCC)n1. The van der Waals surface area contributed by atoms with Crippen LogP contribution in [0.5, 0.6) is 0 Å². The number of benzene rings is 1. The summed E-state index contributed by atoms with van der Waals surface area (Å²) in [6.45, 7) is 5.31. The predicted octanol–water partition coefficient (Wildman–Crippen LogP) is 3.28. The van der Waals surface area contributed by atoms with Crippen molar-refractivity contribution in [2.75, 3.05) is 19.8 Å². The standard InChI is InChI=1S/C20H21NO6/c1-4-25-18(22)15-12-14(13-10-8-7-9-11-13)16(19(23)26-5-2)17(21-15)20(24)27-6-3/h7-12H,4-6H2,1-3H3. The van der Waals surface area contributed by atoms with Gasteiger partial charge < -0.3 is 14.2 Å². The molecule has 2 aromatic rings. The summed E-state index contributed by atoms with van der Waals surface area (Å²) in [6, 6.07) is 10.3. The van der Waals surface area contributed by atoms with Gasteiger partial charge in [-0.3, -0.25) is 0 Å². The van der Waals surface area contributed by atoms with E-state index in [-0.39, 0.29) is 36.8 Å². The first-order valence-electron chi connectivity index (χ1n) is 8.65. The van der Waals surface area contributed by atoms with Crippen molar-refractivity contribution in [3.05, 3.63) is 53.3 Å². The molecule has 0 aliphatic carbocycles. The van der Waals surface area contributed by atoms with Gasteiger partial charge >= 0.3 is 17.9 Å². The van der Waals surface area contributed by atoms with Gasteiger partial charge in [-0.1, -0.05) is 30.3 Å². The normalized spacial score (nSPS) is 10.2. The van der Waals surface area contributed by atoms with Crippen LogP contribution >= 0.6 is 0 Å². The molecular formula is C20H21NO6. The summed E-state index contributed by atoms with van der Waals surface area (Å²) < 4.78 is 15.1. The van der Waals surface area contributed by atoms with Gasteiger partial charge in [0.2, 0.25) is 0 Å². The Labute approximate surface area is 157 Å². The molecule has 0 saturated carbocycles. The smallest absolute Gasteiger partial charge is 0.357 e. The van der Waals surface area contributed by atoms with Crippen molar-refractivity contribution in [1.82, 2.24) is 4.98 Å². The van der Waals surface area contributed by atoms with Crippen LogP contribution in [0.25, 0.3) is 11.1 Å². The Morgan fingerprint density at radius 3 is 1.96 bits per heavy atom. The fourth-order valence-corrected chi connectivity index (χ4v) is 2.46. The third-order valence-electron chi connectivity index (χ3n) is 3.54. The molecule has 0 spiro atoms. The Balaban J connectivity index is 2.77. The molecule has 0 amide bonds. The minimum Gasteiger partial charge on any atom is -0.462 e. The number of nitrogens with zero attached hydrogens (tertiary/aromatic N) is 1. The molecule has 142 valence electrons. The van der Waals surface area contributed by atoms with Crippen molar-refractivity contribution >= 4 is 17.9 Å². The maximum Gasteiger partial charge on any atom is 0.357 e. The summed E-state index contributed by atoms with van der Waals surface area (Å²) in [6.07, 6.45) is 0. The van der Waals surface area contributed by atoms with Gasteiger partial charge in [0.25, 0.3) is 0 Å². The number of carbonyl (C=O) groups excluding carboxylic acids is 3. The van der Waals surface area contributed by atoms with E-state index in [0.717, 1.165) is 0 Å². The van der Waals surface area contributed by atoms with Gasteiger partial charge in [0.15, 0.2) is 5.69 Å². The Morgan fingerprint density at radius 2 is 1.37 bits per heavy atom. The van der Waals surface area contributed by atoms with E-state index in [9.17, 15) is 14.4 Å². The van der Waals surface area contributed by atoms with Gasteiger partial charge in [-0.05, 0) is 32.4 Å². The highest BCUT2D eigenvalue weighted by molar-refractivity contribution is 6.08. The molecule has 1 aromatic carbocycles. The quantitative estimate of drug-likeness (QED) is 0.545.